The summed E-state index contributed by atoms with van der Waals surface area (Å²) >= 11 is 0. The standard InChI is InChI=1S/C34H46N6O8/c1-3-24(4-2)19-28(39-30(42)21-38-34(46)48-23-26-15-9-6-10-16-26)32(44)40-27(31(43)37-20-29(35)41)17-11-12-18-36-33(45)47-22-25-13-7-5-8-14-25/h3,5-10,13-16,27-28H,4,11-12,17-23H2,1-2H3,(H2,35,41)(H,36,45)(H,37,43)(H,38,46)(H,39,42)(H,40,44). The molecule has 2 unspecified atom stereocenters. The van der Waals surface area contributed by atoms with Gasteiger partial charge in [-0.1, -0.05) is 79.2 Å². The van der Waals surface area contributed by atoms with Crippen LogP contribution < -0.4 is 32.3 Å². The van der Waals surface area contributed by atoms with E-state index < -0.39 is 61.0 Å². The van der Waals surface area contributed by atoms with E-state index in [0.717, 1.165) is 16.7 Å². The molecule has 0 heterocycles. The summed E-state index contributed by atoms with van der Waals surface area (Å²) in [5, 5.41) is 12.7. The van der Waals surface area contributed by atoms with Crippen LogP contribution in [-0.2, 0) is 41.9 Å². The number of unbranched alkanes of at least 4 members (excludes halogenated alkanes) is 1. The molecule has 48 heavy (non-hydrogen) atoms. The van der Waals surface area contributed by atoms with Crippen molar-refractivity contribution in [3.63, 3.8) is 0 Å². The minimum absolute atomic E-state index is 0.0219. The average molecular weight is 667 g/mol. The molecule has 2 aromatic rings. The second-order valence-corrected chi connectivity index (χ2v) is 10.8. The van der Waals surface area contributed by atoms with Crippen LogP contribution in [0.5, 0.6) is 0 Å². The zero-order valence-electron chi connectivity index (χ0n) is 27.4. The molecule has 0 aliphatic heterocycles. The number of carbonyl (C=O) groups excluding carboxylic acids is 6. The molecular formula is C34H46N6O8. The Morgan fingerprint density at radius 3 is 1.85 bits per heavy atom. The molecule has 0 bridgehead atoms. The highest BCUT2D eigenvalue weighted by Gasteiger charge is 2.27. The van der Waals surface area contributed by atoms with Crippen molar-refractivity contribution >= 4 is 35.8 Å². The molecule has 14 heteroatoms. The third kappa shape index (κ3) is 16.2. The van der Waals surface area contributed by atoms with Crippen molar-refractivity contribution in [1.29, 1.82) is 0 Å². The van der Waals surface area contributed by atoms with Crippen LogP contribution in [0.2, 0.25) is 0 Å². The van der Waals surface area contributed by atoms with E-state index in [0.29, 0.717) is 19.3 Å². The Morgan fingerprint density at radius 1 is 0.729 bits per heavy atom. The van der Waals surface area contributed by atoms with Crippen LogP contribution >= 0.6 is 0 Å². The van der Waals surface area contributed by atoms with Crippen molar-refractivity contribution in [1.82, 2.24) is 26.6 Å². The molecule has 0 saturated carbocycles. The van der Waals surface area contributed by atoms with Gasteiger partial charge < -0.3 is 41.8 Å². The topological polar surface area (TPSA) is 207 Å². The predicted molar refractivity (Wildman–Crippen MR) is 178 cm³/mol. The van der Waals surface area contributed by atoms with Gasteiger partial charge in [-0.05, 0) is 50.2 Å². The van der Waals surface area contributed by atoms with Crippen molar-refractivity contribution in [2.24, 2.45) is 5.73 Å². The van der Waals surface area contributed by atoms with E-state index in [1.807, 2.05) is 56.3 Å². The van der Waals surface area contributed by atoms with Gasteiger partial charge >= 0.3 is 12.2 Å². The number of hydrogen-bond donors (Lipinski definition) is 6. The van der Waals surface area contributed by atoms with E-state index in [1.165, 1.54) is 0 Å². The van der Waals surface area contributed by atoms with E-state index >= 15 is 0 Å². The molecule has 14 nitrogen and oxygen atoms in total. The third-order valence-corrected chi connectivity index (χ3v) is 7.06. The summed E-state index contributed by atoms with van der Waals surface area (Å²) in [5.74, 6) is -2.66. The van der Waals surface area contributed by atoms with E-state index in [4.69, 9.17) is 15.2 Å². The summed E-state index contributed by atoms with van der Waals surface area (Å²) in [6.07, 6.45) is 2.25. The number of ether oxygens (including phenoxy) is 2. The van der Waals surface area contributed by atoms with Gasteiger partial charge in [0.15, 0.2) is 0 Å². The number of carbonyl (C=O) groups is 6. The first-order valence-corrected chi connectivity index (χ1v) is 15.8. The van der Waals surface area contributed by atoms with Crippen LogP contribution in [0.15, 0.2) is 72.3 Å². The van der Waals surface area contributed by atoms with Gasteiger partial charge in [0.05, 0.1) is 6.54 Å². The maximum atomic E-state index is 13.5. The monoisotopic (exact) mass is 666 g/mol. The SMILES string of the molecule is CC=C(CC)CC(NC(=O)CNC(=O)OCc1ccccc1)C(=O)NC(CCCCNC(=O)OCc1ccccc1)C(=O)NCC(N)=O. The minimum Gasteiger partial charge on any atom is -0.445 e. The molecule has 260 valence electrons. The van der Waals surface area contributed by atoms with Gasteiger partial charge in [0.1, 0.15) is 31.8 Å². The maximum Gasteiger partial charge on any atom is 0.407 e. The first kappa shape index (κ1) is 38.8. The van der Waals surface area contributed by atoms with Crippen LogP contribution in [0, 0.1) is 0 Å². The van der Waals surface area contributed by atoms with Crippen LogP contribution in [0.25, 0.3) is 0 Å². The Kier molecular flexibility index (Phi) is 17.9. The molecular weight excluding hydrogens is 620 g/mol. The predicted octanol–water partition coefficient (Wildman–Crippen LogP) is 2.33. The first-order chi connectivity index (χ1) is 23.1. The molecule has 2 aromatic carbocycles. The fourth-order valence-electron chi connectivity index (χ4n) is 4.39. The Hall–Kier alpha value is -5.40. The summed E-state index contributed by atoms with van der Waals surface area (Å²) in [4.78, 5) is 74.5. The number of benzene rings is 2. The summed E-state index contributed by atoms with van der Waals surface area (Å²) in [7, 11) is 0. The van der Waals surface area contributed by atoms with Gasteiger partial charge in [-0.15, -0.1) is 0 Å². The Morgan fingerprint density at radius 2 is 1.31 bits per heavy atom. The van der Waals surface area contributed by atoms with Gasteiger partial charge in [0, 0.05) is 6.54 Å². The second kappa shape index (κ2) is 22.2. The number of alkyl carbamates (subject to hydrolysis) is 2. The smallest absolute Gasteiger partial charge is 0.407 e. The molecule has 0 aliphatic rings. The number of allylic oxidation sites excluding steroid dienone is 1. The summed E-state index contributed by atoms with van der Waals surface area (Å²) in [5.41, 5.74) is 7.68. The molecule has 7 N–H and O–H groups in total. The van der Waals surface area contributed by atoms with Gasteiger partial charge in [-0.3, -0.25) is 19.2 Å². The highest BCUT2D eigenvalue weighted by atomic mass is 16.6. The van der Waals surface area contributed by atoms with Crippen molar-refractivity contribution in [3.05, 3.63) is 83.4 Å². The van der Waals surface area contributed by atoms with Crippen molar-refractivity contribution in [2.75, 3.05) is 19.6 Å². The Balaban J connectivity index is 1.94. The summed E-state index contributed by atoms with van der Waals surface area (Å²) in [6.45, 7) is 3.25. The van der Waals surface area contributed by atoms with Crippen LogP contribution in [0.1, 0.15) is 57.1 Å². The molecule has 0 aromatic heterocycles. The lowest BCUT2D eigenvalue weighted by atomic mass is 10.0. The van der Waals surface area contributed by atoms with Gasteiger partial charge in [-0.25, -0.2) is 9.59 Å². The lowest BCUT2D eigenvalue weighted by Gasteiger charge is -2.24. The summed E-state index contributed by atoms with van der Waals surface area (Å²) in [6, 6.07) is 16.1. The lowest BCUT2D eigenvalue weighted by Crippen LogP contribution is -2.55. The zero-order chi connectivity index (χ0) is 35.1. The average Bonchev–Trinajstić information content (AvgIpc) is 3.09. The van der Waals surface area contributed by atoms with Gasteiger partial charge in [0.2, 0.25) is 23.6 Å². The molecule has 0 aliphatic carbocycles. The third-order valence-electron chi connectivity index (χ3n) is 7.06. The van der Waals surface area contributed by atoms with Crippen molar-refractivity contribution in [3.8, 4) is 0 Å². The number of primary amides is 1. The molecule has 6 amide bonds. The highest BCUT2D eigenvalue weighted by molar-refractivity contribution is 5.94. The maximum absolute atomic E-state index is 13.5. The number of hydrogen-bond acceptors (Lipinski definition) is 8. The van der Waals surface area contributed by atoms with Crippen molar-refractivity contribution < 1.29 is 38.2 Å². The lowest BCUT2D eigenvalue weighted by molar-refractivity contribution is -0.132. The molecule has 0 saturated heterocycles. The van der Waals surface area contributed by atoms with Crippen LogP contribution in [-0.4, -0.2) is 67.5 Å². The number of rotatable bonds is 20. The molecule has 0 radical (unpaired) electrons. The normalized spacial score (nSPS) is 12.1. The number of nitrogens with two attached hydrogens (primary N) is 1. The Labute approximate surface area is 280 Å². The van der Waals surface area contributed by atoms with Crippen molar-refractivity contribution in [2.45, 2.75) is 71.2 Å². The molecule has 2 atom stereocenters. The zero-order valence-corrected chi connectivity index (χ0v) is 27.4. The quantitative estimate of drug-likeness (QED) is 0.0911. The largest absolute Gasteiger partial charge is 0.445 e. The van der Waals surface area contributed by atoms with E-state index in [1.54, 1.807) is 24.3 Å². The fraction of sp³-hybridized carbons (Fsp3) is 0.412. The molecule has 2 rings (SSSR count). The van der Waals surface area contributed by atoms with Gasteiger partial charge in [-0.2, -0.15) is 0 Å². The minimum atomic E-state index is -1.07. The Bertz CT molecular complexity index is 1370. The number of amides is 6. The van der Waals surface area contributed by atoms with E-state index in [2.05, 4.69) is 26.6 Å². The number of nitrogens with one attached hydrogen (secondary N) is 5. The van der Waals surface area contributed by atoms with Gasteiger partial charge in [0.25, 0.3) is 0 Å². The molecule has 0 spiro atoms. The molecule has 0 fully saturated rings. The van der Waals surface area contributed by atoms with E-state index in [-0.39, 0.29) is 32.6 Å². The fourth-order valence-corrected chi connectivity index (χ4v) is 4.39. The first-order valence-electron chi connectivity index (χ1n) is 15.8. The summed E-state index contributed by atoms with van der Waals surface area (Å²) < 4.78 is 10.3. The van der Waals surface area contributed by atoms with Crippen LogP contribution in [0.4, 0.5) is 9.59 Å². The second-order valence-electron chi connectivity index (χ2n) is 10.8. The van der Waals surface area contributed by atoms with Crippen LogP contribution in [0.3, 0.4) is 0 Å². The highest BCUT2D eigenvalue weighted by Crippen LogP contribution is 2.11. The van der Waals surface area contributed by atoms with E-state index in [9.17, 15) is 28.8 Å².